The van der Waals surface area contributed by atoms with Crippen molar-refractivity contribution in [2.24, 2.45) is 5.41 Å². The smallest absolute Gasteiger partial charge is 0.309 e. The summed E-state index contributed by atoms with van der Waals surface area (Å²) in [7, 11) is 0. The second-order valence-corrected chi connectivity index (χ2v) is 6.83. The normalized spacial score (nSPS) is 11.6. The molecule has 2 aromatic carbocycles. The van der Waals surface area contributed by atoms with Crippen LogP contribution in [-0.2, 0) is 4.79 Å². The number of hydrogen-bond donors (Lipinski definition) is 3. The summed E-state index contributed by atoms with van der Waals surface area (Å²) in [5.74, 6) is -0.0436. The van der Waals surface area contributed by atoms with E-state index in [2.05, 4.69) is 0 Å². The zero-order valence-corrected chi connectivity index (χ0v) is 15.0. The summed E-state index contributed by atoms with van der Waals surface area (Å²) in [6, 6.07) is 11.9. The first kappa shape index (κ1) is 19.4. The van der Waals surface area contributed by atoms with E-state index in [9.17, 15) is 15.0 Å². The molecular formula is C21H24O5. The van der Waals surface area contributed by atoms with Gasteiger partial charge in [-0.15, -0.1) is 0 Å². The average molecular weight is 356 g/mol. The Kier molecular flexibility index (Phi) is 6.28. The number of aromatic hydroxyl groups is 2. The lowest BCUT2D eigenvalue weighted by atomic mass is 9.88. The first-order valence-electron chi connectivity index (χ1n) is 8.44. The Labute approximate surface area is 153 Å². The van der Waals surface area contributed by atoms with E-state index in [4.69, 9.17) is 9.84 Å². The van der Waals surface area contributed by atoms with Crippen LogP contribution in [0.2, 0.25) is 0 Å². The quantitative estimate of drug-likeness (QED) is 0.477. The Hall–Kier alpha value is -2.95. The Morgan fingerprint density at radius 1 is 1.00 bits per heavy atom. The van der Waals surface area contributed by atoms with Crippen LogP contribution in [0.4, 0.5) is 0 Å². The van der Waals surface area contributed by atoms with E-state index < -0.39 is 11.4 Å². The zero-order valence-electron chi connectivity index (χ0n) is 15.0. The Morgan fingerprint density at radius 3 is 2.15 bits per heavy atom. The molecule has 0 aliphatic carbocycles. The van der Waals surface area contributed by atoms with Gasteiger partial charge in [0.05, 0.1) is 12.0 Å². The largest absolute Gasteiger partial charge is 0.508 e. The van der Waals surface area contributed by atoms with Crippen LogP contribution in [-0.4, -0.2) is 27.9 Å². The van der Waals surface area contributed by atoms with E-state index in [1.165, 1.54) is 6.07 Å². The number of carbonyl (C=O) groups is 1. The second-order valence-electron chi connectivity index (χ2n) is 6.83. The van der Waals surface area contributed by atoms with Gasteiger partial charge in [-0.1, -0.05) is 24.3 Å². The van der Waals surface area contributed by atoms with E-state index >= 15 is 0 Å². The predicted molar refractivity (Wildman–Crippen MR) is 101 cm³/mol. The second kappa shape index (κ2) is 8.43. The third-order valence-electron chi connectivity index (χ3n) is 4.07. The van der Waals surface area contributed by atoms with Crippen LogP contribution in [0.1, 0.15) is 37.8 Å². The highest BCUT2D eigenvalue weighted by atomic mass is 16.5. The Morgan fingerprint density at radius 2 is 1.58 bits per heavy atom. The number of rotatable bonds is 8. The molecule has 0 saturated carbocycles. The van der Waals surface area contributed by atoms with Crippen LogP contribution in [0.25, 0.3) is 12.2 Å². The Balaban J connectivity index is 1.86. The van der Waals surface area contributed by atoms with E-state index in [0.717, 1.165) is 11.3 Å². The molecule has 0 bridgehead atoms. The first-order chi connectivity index (χ1) is 12.3. The topological polar surface area (TPSA) is 87.0 Å². The minimum Gasteiger partial charge on any atom is -0.508 e. The summed E-state index contributed by atoms with van der Waals surface area (Å²) in [6.45, 7) is 3.89. The number of carboxylic acids is 1. The molecule has 5 heteroatoms. The van der Waals surface area contributed by atoms with E-state index in [1.807, 2.05) is 30.3 Å². The summed E-state index contributed by atoms with van der Waals surface area (Å²) < 4.78 is 5.65. The third kappa shape index (κ3) is 5.84. The fourth-order valence-electron chi connectivity index (χ4n) is 2.39. The highest BCUT2D eigenvalue weighted by Gasteiger charge is 2.26. The Bertz CT molecular complexity index is 755. The van der Waals surface area contributed by atoms with E-state index in [0.29, 0.717) is 25.0 Å². The molecule has 0 atom stereocenters. The summed E-state index contributed by atoms with van der Waals surface area (Å²) in [5, 5.41) is 28.0. The molecule has 0 aliphatic rings. The summed E-state index contributed by atoms with van der Waals surface area (Å²) in [5.41, 5.74) is 0.911. The van der Waals surface area contributed by atoms with Gasteiger partial charge in [-0.25, -0.2) is 0 Å². The molecule has 2 rings (SSSR count). The highest BCUT2D eigenvalue weighted by molar-refractivity contribution is 5.73. The number of aliphatic carboxylic acids is 1. The van der Waals surface area contributed by atoms with Gasteiger partial charge in [0, 0.05) is 6.07 Å². The molecule has 5 nitrogen and oxygen atoms in total. The lowest BCUT2D eigenvalue weighted by molar-refractivity contribution is -0.147. The van der Waals surface area contributed by atoms with Crippen LogP contribution in [0, 0.1) is 5.41 Å². The van der Waals surface area contributed by atoms with E-state index in [1.54, 1.807) is 32.1 Å². The maximum Gasteiger partial charge on any atom is 0.309 e. The lowest BCUT2D eigenvalue weighted by Gasteiger charge is -2.18. The molecule has 0 heterocycles. The molecule has 0 unspecified atom stereocenters. The minimum absolute atomic E-state index is 0.0134. The number of benzene rings is 2. The summed E-state index contributed by atoms with van der Waals surface area (Å²) >= 11 is 0. The predicted octanol–water partition coefficient (Wildman–Crippen LogP) is 4.54. The van der Waals surface area contributed by atoms with Crippen molar-refractivity contribution in [3.63, 3.8) is 0 Å². The van der Waals surface area contributed by atoms with Gasteiger partial charge in [-0.3, -0.25) is 4.79 Å². The molecular weight excluding hydrogens is 332 g/mol. The van der Waals surface area contributed by atoms with Crippen molar-refractivity contribution in [1.82, 2.24) is 0 Å². The molecule has 26 heavy (non-hydrogen) atoms. The van der Waals surface area contributed by atoms with Crippen LogP contribution >= 0.6 is 0 Å². The lowest BCUT2D eigenvalue weighted by Crippen LogP contribution is -2.24. The molecule has 0 fully saturated rings. The molecule has 0 amide bonds. The van der Waals surface area contributed by atoms with Gasteiger partial charge in [0.1, 0.15) is 17.2 Å². The molecule has 3 N–H and O–H groups in total. The number of hydrogen-bond acceptors (Lipinski definition) is 4. The molecule has 138 valence electrons. The van der Waals surface area contributed by atoms with Gasteiger partial charge < -0.3 is 20.1 Å². The monoisotopic (exact) mass is 356 g/mol. The number of carboxylic acid groups (broad SMARTS) is 1. The van der Waals surface area contributed by atoms with Crippen molar-refractivity contribution >= 4 is 18.1 Å². The minimum atomic E-state index is -0.798. The molecule has 0 saturated heterocycles. The average Bonchev–Trinajstić information content (AvgIpc) is 2.57. The molecule has 0 spiro atoms. The van der Waals surface area contributed by atoms with Crippen LogP contribution in [0.15, 0.2) is 42.5 Å². The fraction of sp³-hybridized carbons (Fsp3) is 0.286. The maximum atomic E-state index is 11.0. The zero-order chi connectivity index (χ0) is 19.2. The van der Waals surface area contributed by atoms with Gasteiger partial charge >= 0.3 is 5.97 Å². The van der Waals surface area contributed by atoms with Crippen molar-refractivity contribution in [2.75, 3.05) is 6.61 Å². The summed E-state index contributed by atoms with van der Waals surface area (Å²) in [6.07, 6.45) is 4.89. The van der Waals surface area contributed by atoms with Gasteiger partial charge in [-0.2, -0.15) is 0 Å². The summed E-state index contributed by atoms with van der Waals surface area (Å²) in [4.78, 5) is 11.0. The van der Waals surface area contributed by atoms with Gasteiger partial charge in [-0.05, 0) is 62.1 Å². The number of phenolic OH excluding ortho intramolecular Hbond substituents is 2. The van der Waals surface area contributed by atoms with Crippen molar-refractivity contribution in [3.8, 4) is 17.2 Å². The number of phenols is 2. The molecule has 0 aromatic heterocycles. The SMILES string of the molecule is CC(C)(CCCOc1ccc(/C=C/c2cc(O)cc(O)c2)cc1)C(=O)O. The molecule has 2 aromatic rings. The fourth-order valence-corrected chi connectivity index (χ4v) is 2.39. The highest BCUT2D eigenvalue weighted by Crippen LogP contribution is 2.24. The van der Waals surface area contributed by atoms with Crippen LogP contribution in [0.5, 0.6) is 17.2 Å². The van der Waals surface area contributed by atoms with Gasteiger partial charge in [0.15, 0.2) is 0 Å². The molecule has 0 aliphatic heterocycles. The van der Waals surface area contributed by atoms with E-state index in [-0.39, 0.29) is 11.5 Å². The number of ether oxygens (including phenoxy) is 1. The van der Waals surface area contributed by atoms with Crippen LogP contribution in [0.3, 0.4) is 0 Å². The first-order valence-corrected chi connectivity index (χ1v) is 8.44. The van der Waals surface area contributed by atoms with Gasteiger partial charge in [0.2, 0.25) is 0 Å². The standard InChI is InChI=1S/C21H24O5/c1-21(2,20(24)25)10-3-11-26-19-8-6-15(7-9-19)4-5-16-12-17(22)14-18(23)13-16/h4-9,12-14,22-23H,3,10-11H2,1-2H3,(H,24,25)/b5-4+. The van der Waals surface area contributed by atoms with Crippen molar-refractivity contribution < 1.29 is 24.9 Å². The third-order valence-corrected chi connectivity index (χ3v) is 4.07. The molecule has 0 radical (unpaired) electrons. The van der Waals surface area contributed by atoms with Gasteiger partial charge in [0.25, 0.3) is 0 Å². The van der Waals surface area contributed by atoms with Crippen molar-refractivity contribution in [1.29, 1.82) is 0 Å². The van der Waals surface area contributed by atoms with Crippen molar-refractivity contribution in [2.45, 2.75) is 26.7 Å². The van der Waals surface area contributed by atoms with Crippen molar-refractivity contribution in [3.05, 3.63) is 53.6 Å². The maximum absolute atomic E-state index is 11.0. The van der Waals surface area contributed by atoms with Crippen LogP contribution < -0.4 is 4.74 Å².